The molecule has 4 nitrogen and oxygen atoms in total. The molecule has 4 heteroatoms. The van der Waals surface area contributed by atoms with Crippen LogP contribution in [-0.2, 0) is 0 Å². The van der Waals surface area contributed by atoms with Gasteiger partial charge in [0.05, 0.1) is 11.4 Å². The van der Waals surface area contributed by atoms with Gasteiger partial charge in [0.2, 0.25) is 0 Å². The minimum atomic E-state index is 0.772. The number of allylic oxidation sites excluding steroid dienone is 2. The van der Waals surface area contributed by atoms with Gasteiger partial charge in [-0.05, 0) is 42.7 Å². The third kappa shape index (κ3) is 2.01. The summed E-state index contributed by atoms with van der Waals surface area (Å²) in [6.07, 6.45) is 10.8. The van der Waals surface area contributed by atoms with Gasteiger partial charge in [-0.1, -0.05) is 24.3 Å². The van der Waals surface area contributed by atoms with Crippen LogP contribution in [0.4, 0.5) is 5.69 Å². The second-order valence-electron chi connectivity index (χ2n) is 5.78. The summed E-state index contributed by atoms with van der Waals surface area (Å²) < 4.78 is 1.81. The Kier molecular flexibility index (Phi) is 2.80. The number of benzene rings is 1. The van der Waals surface area contributed by atoms with Gasteiger partial charge in [-0.2, -0.15) is 5.10 Å². The molecule has 1 fully saturated rings. The maximum atomic E-state index is 4.22. The van der Waals surface area contributed by atoms with Crippen molar-refractivity contribution in [1.29, 1.82) is 0 Å². The summed E-state index contributed by atoms with van der Waals surface area (Å²) in [5.41, 5.74) is 2.19. The van der Waals surface area contributed by atoms with Gasteiger partial charge in [0.15, 0.2) is 0 Å². The molecular weight excluding hydrogens is 248 g/mol. The molecule has 2 aliphatic rings. The highest BCUT2D eigenvalue weighted by atomic mass is 15.3. The highest BCUT2D eigenvalue weighted by Gasteiger charge is 2.35. The van der Waals surface area contributed by atoms with Crippen molar-refractivity contribution in [1.82, 2.24) is 14.8 Å². The molecule has 1 aromatic heterocycles. The zero-order valence-electron chi connectivity index (χ0n) is 11.3. The number of para-hydroxylation sites is 2. The molecule has 20 heavy (non-hydrogen) atoms. The van der Waals surface area contributed by atoms with Crippen molar-refractivity contribution in [3.05, 3.63) is 49.1 Å². The molecular formula is C16H18N4. The predicted octanol–water partition coefficient (Wildman–Crippen LogP) is 2.89. The lowest BCUT2D eigenvalue weighted by molar-refractivity contribution is 0.472. The van der Waals surface area contributed by atoms with Crippen LogP contribution in [0.2, 0.25) is 0 Å². The summed E-state index contributed by atoms with van der Waals surface area (Å²) in [6, 6.07) is 8.27. The predicted molar refractivity (Wildman–Crippen MR) is 78.7 cm³/mol. The molecule has 4 rings (SSSR count). The number of rotatable bonds is 4. The van der Waals surface area contributed by atoms with Crippen LogP contribution in [0, 0.1) is 17.8 Å². The van der Waals surface area contributed by atoms with Gasteiger partial charge in [-0.15, -0.1) is 0 Å². The largest absolute Gasteiger partial charge is 0.383 e. The number of fused-ring (bicyclic) bond motifs is 2. The fourth-order valence-electron chi connectivity index (χ4n) is 3.53. The van der Waals surface area contributed by atoms with E-state index >= 15 is 0 Å². The van der Waals surface area contributed by atoms with Crippen LogP contribution < -0.4 is 5.32 Å². The third-order valence-electron chi connectivity index (χ3n) is 4.54. The lowest BCUT2D eigenvalue weighted by Gasteiger charge is -2.20. The summed E-state index contributed by atoms with van der Waals surface area (Å²) >= 11 is 0. The zero-order valence-corrected chi connectivity index (χ0v) is 11.3. The van der Waals surface area contributed by atoms with Crippen LogP contribution in [0.3, 0.4) is 0 Å². The lowest BCUT2D eigenvalue weighted by Crippen LogP contribution is -2.19. The quantitative estimate of drug-likeness (QED) is 0.865. The molecule has 0 amide bonds. The van der Waals surface area contributed by atoms with Crippen LogP contribution in [0.5, 0.6) is 0 Å². The van der Waals surface area contributed by atoms with E-state index in [2.05, 4.69) is 45.8 Å². The van der Waals surface area contributed by atoms with Crippen molar-refractivity contribution in [2.75, 3.05) is 11.9 Å². The fraction of sp³-hybridized carbons (Fsp3) is 0.375. The first-order valence-corrected chi connectivity index (χ1v) is 7.26. The maximum Gasteiger partial charge on any atom is 0.138 e. The van der Waals surface area contributed by atoms with E-state index in [1.807, 2.05) is 10.7 Å². The minimum absolute atomic E-state index is 0.772. The number of hydrogen-bond acceptors (Lipinski definition) is 3. The Morgan fingerprint density at radius 3 is 2.90 bits per heavy atom. The molecule has 1 N–H and O–H groups in total. The van der Waals surface area contributed by atoms with Crippen LogP contribution >= 0.6 is 0 Å². The molecule has 102 valence electrons. The summed E-state index contributed by atoms with van der Waals surface area (Å²) in [4.78, 5) is 4.02. The lowest BCUT2D eigenvalue weighted by atomic mass is 9.93. The summed E-state index contributed by atoms with van der Waals surface area (Å²) in [7, 11) is 0. The summed E-state index contributed by atoms with van der Waals surface area (Å²) in [6.45, 7) is 1.04. The molecule has 1 heterocycles. The van der Waals surface area contributed by atoms with Crippen molar-refractivity contribution < 1.29 is 0 Å². The molecule has 3 unspecified atom stereocenters. The Bertz CT molecular complexity index is 617. The van der Waals surface area contributed by atoms with E-state index in [-0.39, 0.29) is 0 Å². The topological polar surface area (TPSA) is 42.7 Å². The van der Waals surface area contributed by atoms with Crippen LogP contribution in [-0.4, -0.2) is 21.3 Å². The Hall–Kier alpha value is -2.10. The van der Waals surface area contributed by atoms with Gasteiger partial charge in [-0.25, -0.2) is 9.67 Å². The van der Waals surface area contributed by atoms with E-state index in [9.17, 15) is 0 Å². The minimum Gasteiger partial charge on any atom is -0.383 e. The van der Waals surface area contributed by atoms with E-state index in [4.69, 9.17) is 0 Å². The number of nitrogens with one attached hydrogen (secondary N) is 1. The van der Waals surface area contributed by atoms with E-state index < -0.39 is 0 Å². The van der Waals surface area contributed by atoms with Gasteiger partial charge in [0, 0.05) is 6.54 Å². The Morgan fingerprint density at radius 1 is 1.20 bits per heavy atom. The van der Waals surface area contributed by atoms with Gasteiger partial charge in [0.1, 0.15) is 12.7 Å². The van der Waals surface area contributed by atoms with E-state index in [0.717, 1.165) is 35.7 Å². The van der Waals surface area contributed by atoms with E-state index in [1.165, 1.54) is 12.8 Å². The normalized spacial score (nSPS) is 27.1. The van der Waals surface area contributed by atoms with Crippen molar-refractivity contribution >= 4 is 5.69 Å². The Balaban J connectivity index is 1.50. The average molecular weight is 266 g/mol. The summed E-state index contributed by atoms with van der Waals surface area (Å²) in [5.74, 6) is 2.39. The molecule has 0 saturated heterocycles. The molecule has 2 aliphatic carbocycles. The monoisotopic (exact) mass is 266 g/mol. The smallest absolute Gasteiger partial charge is 0.138 e. The average Bonchev–Trinajstić information content (AvgIpc) is 3.22. The first-order valence-electron chi connectivity index (χ1n) is 7.26. The standard InChI is InChI=1S/C16H18N4/c1-2-4-16(20-11-17-10-19-20)15(3-1)18-9-14-8-12-5-6-13(14)7-12/h1-6,10-14,18H,7-9H2. The first kappa shape index (κ1) is 11.7. The fourth-order valence-corrected chi connectivity index (χ4v) is 3.53. The Morgan fingerprint density at radius 2 is 2.15 bits per heavy atom. The number of anilines is 1. The number of aromatic nitrogens is 3. The van der Waals surface area contributed by atoms with Crippen LogP contribution in [0.15, 0.2) is 49.1 Å². The molecule has 2 bridgehead atoms. The summed E-state index contributed by atoms with van der Waals surface area (Å²) in [5, 5.41) is 7.83. The number of nitrogens with zero attached hydrogens (tertiary/aromatic N) is 3. The van der Waals surface area contributed by atoms with Gasteiger partial charge in [0.25, 0.3) is 0 Å². The Labute approximate surface area is 118 Å². The molecule has 0 aliphatic heterocycles. The van der Waals surface area contributed by atoms with Crippen molar-refractivity contribution in [3.63, 3.8) is 0 Å². The molecule has 1 aromatic carbocycles. The van der Waals surface area contributed by atoms with Crippen molar-refractivity contribution in [2.24, 2.45) is 17.8 Å². The molecule has 0 radical (unpaired) electrons. The molecule has 1 saturated carbocycles. The van der Waals surface area contributed by atoms with Crippen molar-refractivity contribution in [2.45, 2.75) is 12.8 Å². The van der Waals surface area contributed by atoms with E-state index in [1.54, 1.807) is 12.7 Å². The maximum absolute atomic E-state index is 4.22. The second-order valence-corrected chi connectivity index (χ2v) is 5.78. The third-order valence-corrected chi connectivity index (χ3v) is 4.54. The highest BCUT2D eigenvalue weighted by Crippen LogP contribution is 2.43. The molecule has 3 atom stereocenters. The first-order chi connectivity index (χ1) is 9.90. The van der Waals surface area contributed by atoms with Gasteiger partial charge < -0.3 is 5.32 Å². The van der Waals surface area contributed by atoms with Gasteiger partial charge in [-0.3, -0.25) is 0 Å². The van der Waals surface area contributed by atoms with Crippen LogP contribution in [0.1, 0.15) is 12.8 Å². The molecule has 0 spiro atoms. The van der Waals surface area contributed by atoms with Gasteiger partial charge >= 0.3 is 0 Å². The second kappa shape index (κ2) is 4.78. The van der Waals surface area contributed by atoms with E-state index in [0.29, 0.717) is 0 Å². The zero-order chi connectivity index (χ0) is 13.4. The SMILES string of the molecule is C1=CC2CC1CC2CNc1ccccc1-n1cncn1. The van der Waals surface area contributed by atoms with Crippen LogP contribution in [0.25, 0.3) is 5.69 Å². The molecule has 2 aromatic rings. The highest BCUT2D eigenvalue weighted by molar-refractivity contribution is 5.60. The van der Waals surface area contributed by atoms with Crippen molar-refractivity contribution in [3.8, 4) is 5.69 Å². The number of hydrogen-bond donors (Lipinski definition) is 1.